The first-order chi connectivity index (χ1) is 11.2. The van der Waals surface area contributed by atoms with Crippen LogP contribution in [-0.4, -0.2) is 34.9 Å². The molecule has 0 aliphatic carbocycles. The van der Waals surface area contributed by atoms with Crippen molar-refractivity contribution in [1.29, 1.82) is 0 Å². The van der Waals surface area contributed by atoms with Crippen molar-refractivity contribution < 1.29 is 4.79 Å². The van der Waals surface area contributed by atoms with E-state index in [1.165, 1.54) is 22.5 Å². The van der Waals surface area contributed by atoms with E-state index in [1.54, 1.807) is 5.38 Å². The van der Waals surface area contributed by atoms with Crippen molar-refractivity contribution in [2.45, 2.75) is 32.5 Å². The molecule has 0 spiro atoms. The van der Waals surface area contributed by atoms with Gasteiger partial charge in [-0.1, -0.05) is 24.3 Å². The molecule has 3 N–H and O–H groups in total. The minimum atomic E-state index is -0.120. The van der Waals surface area contributed by atoms with Crippen LogP contribution in [0.25, 0.3) is 0 Å². The number of nitrogens with two attached hydrogens (primary N) is 1. The number of amides is 1. The second-order valence-corrected chi connectivity index (χ2v) is 6.82. The Labute approximate surface area is 140 Å². The molecule has 1 aliphatic heterocycles. The van der Waals surface area contributed by atoms with Crippen LogP contribution < -0.4 is 11.1 Å². The van der Waals surface area contributed by atoms with Gasteiger partial charge in [-0.2, -0.15) is 0 Å². The van der Waals surface area contributed by atoms with Gasteiger partial charge in [0.15, 0.2) is 0 Å². The molecular formula is C17H22N4OS. The van der Waals surface area contributed by atoms with Crippen LogP contribution in [0.2, 0.25) is 0 Å². The van der Waals surface area contributed by atoms with Crippen molar-refractivity contribution in [3.63, 3.8) is 0 Å². The molecule has 1 aromatic heterocycles. The quantitative estimate of drug-likeness (QED) is 0.877. The maximum absolute atomic E-state index is 12.1. The molecule has 0 fully saturated rings. The highest BCUT2D eigenvalue weighted by Gasteiger charge is 2.21. The highest BCUT2D eigenvalue weighted by Crippen LogP contribution is 2.20. The first kappa shape index (κ1) is 16.1. The zero-order valence-electron chi connectivity index (χ0n) is 13.3. The molecule has 1 aliphatic rings. The van der Waals surface area contributed by atoms with Gasteiger partial charge < -0.3 is 11.1 Å². The monoisotopic (exact) mass is 330 g/mol. The number of hydrogen-bond donors (Lipinski definition) is 2. The third-order valence-corrected chi connectivity index (χ3v) is 5.17. The Hall–Kier alpha value is -1.76. The van der Waals surface area contributed by atoms with E-state index in [9.17, 15) is 4.79 Å². The van der Waals surface area contributed by atoms with Crippen LogP contribution >= 0.6 is 11.3 Å². The summed E-state index contributed by atoms with van der Waals surface area (Å²) in [6.07, 6.45) is 1.07. The largest absolute Gasteiger partial charge is 0.349 e. The van der Waals surface area contributed by atoms with Gasteiger partial charge in [0.1, 0.15) is 10.7 Å². The summed E-state index contributed by atoms with van der Waals surface area (Å²) >= 11 is 1.43. The van der Waals surface area contributed by atoms with E-state index in [1.807, 2.05) is 0 Å². The van der Waals surface area contributed by atoms with E-state index in [-0.39, 0.29) is 5.91 Å². The summed E-state index contributed by atoms with van der Waals surface area (Å²) in [5, 5.41) is 5.53. The number of carbonyl (C=O) groups excluding carboxylic acids is 1. The van der Waals surface area contributed by atoms with Gasteiger partial charge in [-0.3, -0.25) is 9.69 Å². The Bertz CT molecular complexity index is 685. The number of rotatable bonds is 5. The molecule has 2 heterocycles. The van der Waals surface area contributed by atoms with E-state index in [2.05, 4.69) is 46.4 Å². The number of carbonyl (C=O) groups is 1. The van der Waals surface area contributed by atoms with Crippen molar-refractivity contribution in [2.75, 3.05) is 13.1 Å². The lowest BCUT2D eigenvalue weighted by Gasteiger charge is -2.33. The number of hydrogen-bond acceptors (Lipinski definition) is 5. The minimum absolute atomic E-state index is 0.120. The molecule has 23 heavy (non-hydrogen) atoms. The summed E-state index contributed by atoms with van der Waals surface area (Å²) in [5.41, 5.74) is 8.83. The molecule has 0 saturated carbocycles. The van der Waals surface area contributed by atoms with E-state index < -0.39 is 0 Å². The Morgan fingerprint density at radius 1 is 1.43 bits per heavy atom. The van der Waals surface area contributed by atoms with Crippen LogP contribution in [0.1, 0.15) is 33.5 Å². The van der Waals surface area contributed by atoms with Gasteiger partial charge in [0.25, 0.3) is 5.91 Å². The first-order valence-electron chi connectivity index (χ1n) is 7.91. The number of fused-ring (bicyclic) bond motifs is 1. The van der Waals surface area contributed by atoms with Gasteiger partial charge in [-0.05, 0) is 24.5 Å². The predicted octanol–water partition coefficient (Wildman–Crippen LogP) is 1.78. The number of thiazole rings is 1. The normalized spacial score (nSPS) is 15.9. The van der Waals surface area contributed by atoms with Crippen molar-refractivity contribution in [3.05, 3.63) is 51.5 Å². The second kappa shape index (κ2) is 7.21. The van der Waals surface area contributed by atoms with E-state index in [0.29, 0.717) is 24.8 Å². The molecule has 1 aromatic carbocycles. The molecule has 2 aromatic rings. The van der Waals surface area contributed by atoms with Gasteiger partial charge in [-0.15, -0.1) is 11.3 Å². The number of nitrogens with one attached hydrogen (secondary N) is 1. The summed E-state index contributed by atoms with van der Waals surface area (Å²) in [7, 11) is 0. The zero-order chi connectivity index (χ0) is 16.2. The fourth-order valence-electron chi connectivity index (χ4n) is 2.86. The van der Waals surface area contributed by atoms with E-state index >= 15 is 0 Å². The lowest BCUT2D eigenvalue weighted by Crippen LogP contribution is -2.44. The van der Waals surface area contributed by atoms with Crippen LogP contribution in [0.15, 0.2) is 29.6 Å². The Kier molecular flexibility index (Phi) is 5.05. The van der Waals surface area contributed by atoms with Crippen molar-refractivity contribution >= 4 is 17.2 Å². The molecule has 3 rings (SSSR count). The molecule has 1 unspecified atom stereocenters. The number of aromatic nitrogens is 1. The molecule has 1 atom stereocenters. The predicted molar refractivity (Wildman–Crippen MR) is 92.4 cm³/mol. The smallest absolute Gasteiger partial charge is 0.270 e. The Balaban J connectivity index is 1.53. The molecule has 122 valence electrons. The molecule has 0 bridgehead atoms. The summed E-state index contributed by atoms with van der Waals surface area (Å²) in [6, 6.07) is 8.88. The van der Waals surface area contributed by atoms with Crippen LogP contribution in [0.3, 0.4) is 0 Å². The number of nitrogens with zero attached hydrogens (tertiary/aromatic N) is 2. The van der Waals surface area contributed by atoms with Crippen LogP contribution in [0.4, 0.5) is 0 Å². The molecule has 0 radical (unpaired) electrons. The lowest BCUT2D eigenvalue weighted by molar-refractivity contribution is 0.0928. The van der Waals surface area contributed by atoms with E-state index in [0.717, 1.165) is 24.5 Å². The average Bonchev–Trinajstić information content (AvgIpc) is 3.08. The van der Waals surface area contributed by atoms with Crippen LogP contribution in [0.5, 0.6) is 0 Å². The zero-order valence-corrected chi connectivity index (χ0v) is 14.1. The number of benzene rings is 1. The summed E-state index contributed by atoms with van der Waals surface area (Å²) in [4.78, 5) is 18.8. The molecule has 6 heteroatoms. The van der Waals surface area contributed by atoms with E-state index in [4.69, 9.17) is 5.73 Å². The first-order valence-corrected chi connectivity index (χ1v) is 8.79. The van der Waals surface area contributed by atoms with Gasteiger partial charge in [0.2, 0.25) is 0 Å². The summed E-state index contributed by atoms with van der Waals surface area (Å²) in [6.45, 7) is 5.13. The SMILES string of the molecule is CC(CNC(=O)c1csc(CN)n1)N1CCc2ccccc2C1. The van der Waals surface area contributed by atoms with Crippen LogP contribution in [0, 0.1) is 0 Å². The molecule has 5 nitrogen and oxygen atoms in total. The van der Waals surface area contributed by atoms with Gasteiger partial charge in [0.05, 0.1) is 0 Å². The second-order valence-electron chi connectivity index (χ2n) is 5.88. The maximum atomic E-state index is 12.1. The maximum Gasteiger partial charge on any atom is 0.270 e. The topological polar surface area (TPSA) is 71.2 Å². The Morgan fingerprint density at radius 2 is 2.22 bits per heavy atom. The molecule has 1 amide bonds. The van der Waals surface area contributed by atoms with Crippen LogP contribution in [-0.2, 0) is 19.5 Å². The van der Waals surface area contributed by atoms with Gasteiger partial charge in [0, 0.05) is 37.6 Å². The standard InChI is InChI=1S/C17H22N4OS/c1-12(9-19-17(22)15-11-23-16(8-18)20-15)21-7-6-13-4-2-3-5-14(13)10-21/h2-5,11-12H,6-10,18H2,1H3,(H,19,22). The highest BCUT2D eigenvalue weighted by atomic mass is 32.1. The fraction of sp³-hybridized carbons (Fsp3) is 0.412. The Morgan fingerprint density at radius 3 is 2.96 bits per heavy atom. The van der Waals surface area contributed by atoms with Gasteiger partial charge in [-0.25, -0.2) is 4.98 Å². The van der Waals surface area contributed by atoms with Crippen molar-refractivity contribution in [3.8, 4) is 0 Å². The summed E-state index contributed by atoms with van der Waals surface area (Å²) in [5.74, 6) is -0.120. The van der Waals surface area contributed by atoms with Crippen molar-refractivity contribution in [2.24, 2.45) is 5.73 Å². The summed E-state index contributed by atoms with van der Waals surface area (Å²) < 4.78 is 0. The lowest BCUT2D eigenvalue weighted by atomic mass is 9.99. The fourth-order valence-corrected chi connectivity index (χ4v) is 3.52. The van der Waals surface area contributed by atoms with Crippen molar-refractivity contribution in [1.82, 2.24) is 15.2 Å². The third-order valence-electron chi connectivity index (χ3n) is 4.30. The average molecular weight is 330 g/mol. The van der Waals surface area contributed by atoms with Gasteiger partial charge >= 0.3 is 0 Å². The third kappa shape index (κ3) is 3.77. The minimum Gasteiger partial charge on any atom is -0.349 e. The highest BCUT2D eigenvalue weighted by molar-refractivity contribution is 7.09. The molecule has 0 saturated heterocycles. The molecular weight excluding hydrogens is 308 g/mol.